The minimum atomic E-state index is -0.818. The van der Waals surface area contributed by atoms with E-state index in [1.54, 1.807) is 6.20 Å². The first-order valence-electron chi connectivity index (χ1n) is 4.32. The van der Waals surface area contributed by atoms with E-state index in [-0.39, 0.29) is 31.2 Å². The number of fused-ring (bicyclic) bond motifs is 1. The summed E-state index contributed by atoms with van der Waals surface area (Å²) in [5, 5.41) is 9.62. The molecule has 0 aliphatic rings. The smallest absolute Gasteiger partial charge is 0.307 e. The molecule has 0 atom stereocenters. The molecule has 0 aliphatic carbocycles. The maximum absolute atomic E-state index is 10.6. The molecule has 0 unspecified atom stereocenters. The maximum Gasteiger partial charge on any atom is 0.307 e. The van der Waals surface area contributed by atoms with Crippen LogP contribution in [0.15, 0.2) is 36.5 Å². The molecule has 86 valence electrons. The molecule has 2 rings (SSSR count). The lowest BCUT2D eigenvalue weighted by molar-refractivity contribution is -0.136. The van der Waals surface area contributed by atoms with Crippen LogP contribution in [0.3, 0.4) is 0 Å². The Bertz CT molecular complexity index is 483. The van der Waals surface area contributed by atoms with Gasteiger partial charge in [-0.2, -0.15) is 0 Å². The van der Waals surface area contributed by atoms with Crippen molar-refractivity contribution < 1.29 is 9.90 Å². The number of aliphatic carboxylic acids is 1. The number of aromatic nitrogens is 1. The highest BCUT2D eigenvalue weighted by Gasteiger charge is 2.04. The number of carboxylic acids is 1. The Morgan fingerprint density at radius 1 is 1.19 bits per heavy atom. The SMILES string of the molecule is Cl.Cl.O=C(O)Cc1cccc2ncccc12. The molecule has 0 amide bonds. The largest absolute Gasteiger partial charge is 0.481 e. The van der Waals surface area contributed by atoms with Gasteiger partial charge in [0, 0.05) is 11.6 Å². The normalized spacial score (nSPS) is 9.00. The van der Waals surface area contributed by atoms with E-state index in [9.17, 15) is 4.79 Å². The second-order valence-corrected chi connectivity index (χ2v) is 3.06. The highest BCUT2D eigenvalue weighted by molar-refractivity contribution is 5.86. The average molecular weight is 260 g/mol. The van der Waals surface area contributed by atoms with Gasteiger partial charge in [-0.25, -0.2) is 0 Å². The highest BCUT2D eigenvalue weighted by Crippen LogP contribution is 2.16. The van der Waals surface area contributed by atoms with Crippen molar-refractivity contribution in [3.05, 3.63) is 42.1 Å². The fourth-order valence-corrected chi connectivity index (χ4v) is 1.48. The topological polar surface area (TPSA) is 50.2 Å². The molecule has 2 aromatic rings. The second kappa shape index (κ2) is 6.30. The van der Waals surface area contributed by atoms with Crippen molar-refractivity contribution in [3.8, 4) is 0 Å². The van der Waals surface area contributed by atoms with Gasteiger partial charge in [0.15, 0.2) is 0 Å². The summed E-state index contributed by atoms with van der Waals surface area (Å²) in [6.07, 6.45) is 1.75. The number of rotatable bonds is 2. The second-order valence-electron chi connectivity index (χ2n) is 3.06. The van der Waals surface area contributed by atoms with Crippen molar-refractivity contribution in [3.63, 3.8) is 0 Å². The number of carbonyl (C=O) groups is 1. The first-order chi connectivity index (χ1) is 6.77. The summed E-state index contributed by atoms with van der Waals surface area (Å²) in [7, 11) is 0. The van der Waals surface area contributed by atoms with Gasteiger partial charge in [-0.15, -0.1) is 24.8 Å². The number of benzene rings is 1. The predicted molar refractivity (Wildman–Crippen MR) is 67.6 cm³/mol. The third-order valence-corrected chi connectivity index (χ3v) is 2.08. The summed E-state index contributed by atoms with van der Waals surface area (Å²) in [4.78, 5) is 14.7. The molecule has 0 radical (unpaired) electrons. The van der Waals surface area contributed by atoms with Gasteiger partial charge in [0.2, 0.25) is 0 Å². The quantitative estimate of drug-likeness (QED) is 0.903. The Labute approximate surface area is 105 Å². The van der Waals surface area contributed by atoms with Crippen LogP contribution >= 0.6 is 24.8 Å². The zero-order chi connectivity index (χ0) is 9.97. The molecular weight excluding hydrogens is 249 g/mol. The standard InChI is InChI=1S/C11H9NO2.2ClH/c13-11(14)7-8-3-1-5-10-9(8)4-2-6-12-10;;/h1-6H,7H2,(H,13,14);2*1H. The van der Waals surface area contributed by atoms with Gasteiger partial charge in [-0.3, -0.25) is 9.78 Å². The van der Waals surface area contributed by atoms with Crippen LogP contribution in [-0.2, 0) is 11.2 Å². The van der Waals surface area contributed by atoms with E-state index in [1.807, 2.05) is 30.3 Å². The first kappa shape index (κ1) is 14.7. The molecule has 1 aromatic carbocycles. The summed E-state index contributed by atoms with van der Waals surface area (Å²) in [5.41, 5.74) is 1.65. The van der Waals surface area contributed by atoms with Crippen LogP contribution in [0.1, 0.15) is 5.56 Å². The predicted octanol–water partition coefficient (Wildman–Crippen LogP) is 2.71. The van der Waals surface area contributed by atoms with E-state index < -0.39 is 5.97 Å². The molecule has 5 heteroatoms. The number of hydrogen-bond donors (Lipinski definition) is 1. The Balaban J connectivity index is 0.00000112. The summed E-state index contributed by atoms with van der Waals surface area (Å²) in [6, 6.07) is 9.22. The molecule has 0 bridgehead atoms. The van der Waals surface area contributed by atoms with Crippen molar-refractivity contribution in [2.75, 3.05) is 0 Å². The number of carboxylic acid groups (broad SMARTS) is 1. The maximum atomic E-state index is 10.6. The molecule has 0 saturated carbocycles. The zero-order valence-corrected chi connectivity index (χ0v) is 9.92. The zero-order valence-electron chi connectivity index (χ0n) is 8.29. The molecule has 3 nitrogen and oxygen atoms in total. The Hall–Kier alpha value is -1.32. The van der Waals surface area contributed by atoms with Gasteiger partial charge in [-0.05, 0) is 17.7 Å². The number of pyridine rings is 1. The lowest BCUT2D eigenvalue weighted by Gasteiger charge is -2.02. The van der Waals surface area contributed by atoms with E-state index in [4.69, 9.17) is 5.11 Å². The van der Waals surface area contributed by atoms with Crippen molar-refractivity contribution in [1.29, 1.82) is 0 Å². The number of hydrogen-bond acceptors (Lipinski definition) is 2. The molecule has 16 heavy (non-hydrogen) atoms. The molecule has 1 aromatic heterocycles. The van der Waals surface area contributed by atoms with Crippen LogP contribution in [0, 0.1) is 0 Å². The van der Waals surface area contributed by atoms with Gasteiger partial charge in [0.05, 0.1) is 11.9 Å². The fourth-order valence-electron chi connectivity index (χ4n) is 1.48. The summed E-state index contributed by atoms with van der Waals surface area (Å²) >= 11 is 0. The van der Waals surface area contributed by atoms with Crippen molar-refractivity contribution in [2.45, 2.75) is 6.42 Å². The van der Waals surface area contributed by atoms with Crippen LogP contribution in [-0.4, -0.2) is 16.1 Å². The van der Waals surface area contributed by atoms with Crippen LogP contribution in [0.5, 0.6) is 0 Å². The van der Waals surface area contributed by atoms with E-state index in [0.29, 0.717) is 0 Å². The van der Waals surface area contributed by atoms with Crippen molar-refractivity contribution in [1.82, 2.24) is 4.98 Å². The average Bonchev–Trinajstić information content (AvgIpc) is 2.18. The molecule has 0 saturated heterocycles. The van der Waals surface area contributed by atoms with Crippen LogP contribution in [0.25, 0.3) is 10.9 Å². The van der Waals surface area contributed by atoms with Crippen LogP contribution in [0.4, 0.5) is 0 Å². The van der Waals surface area contributed by atoms with Gasteiger partial charge >= 0.3 is 5.97 Å². The lowest BCUT2D eigenvalue weighted by atomic mass is 10.1. The summed E-state index contributed by atoms with van der Waals surface area (Å²) in [5.74, 6) is -0.818. The minimum absolute atomic E-state index is 0. The van der Waals surface area contributed by atoms with Crippen LogP contribution < -0.4 is 0 Å². The fraction of sp³-hybridized carbons (Fsp3) is 0.0909. The van der Waals surface area contributed by atoms with Crippen molar-refractivity contribution >= 4 is 41.7 Å². The monoisotopic (exact) mass is 259 g/mol. The highest BCUT2D eigenvalue weighted by atomic mass is 35.5. The minimum Gasteiger partial charge on any atom is -0.481 e. The van der Waals surface area contributed by atoms with Crippen molar-refractivity contribution in [2.24, 2.45) is 0 Å². The summed E-state index contributed by atoms with van der Waals surface area (Å²) in [6.45, 7) is 0. The Kier molecular flexibility index (Phi) is 5.78. The third kappa shape index (κ3) is 3.08. The van der Waals surface area contributed by atoms with Gasteiger partial charge < -0.3 is 5.11 Å². The van der Waals surface area contributed by atoms with Gasteiger partial charge in [-0.1, -0.05) is 18.2 Å². The van der Waals surface area contributed by atoms with Gasteiger partial charge in [0.25, 0.3) is 0 Å². The third-order valence-electron chi connectivity index (χ3n) is 2.08. The van der Waals surface area contributed by atoms with E-state index in [1.165, 1.54) is 0 Å². The molecular formula is C11H11Cl2NO2. The number of halogens is 2. The molecule has 0 aliphatic heterocycles. The number of nitrogens with zero attached hydrogens (tertiary/aromatic N) is 1. The lowest BCUT2D eigenvalue weighted by Crippen LogP contribution is -2.00. The van der Waals surface area contributed by atoms with E-state index in [0.717, 1.165) is 16.5 Å². The van der Waals surface area contributed by atoms with E-state index >= 15 is 0 Å². The summed E-state index contributed by atoms with van der Waals surface area (Å²) < 4.78 is 0. The molecule has 0 fully saturated rings. The van der Waals surface area contributed by atoms with Crippen LogP contribution in [0.2, 0.25) is 0 Å². The molecule has 1 heterocycles. The molecule has 0 spiro atoms. The Morgan fingerprint density at radius 3 is 2.62 bits per heavy atom. The van der Waals surface area contributed by atoms with E-state index in [2.05, 4.69) is 4.98 Å². The molecule has 1 N–H and O–H groups in total. The first-order valence-corrected chi connectivity index (χ1v) is 4.32. The Morgan fingerprint density at radius 2 is 1.94 bits per heavy atom. The van der Waals surface area contributed by atoms with Gasteiger partial charge in [0.1, 0.15) is 0 Å².